The van der Waals surface area contributed by atoms with Crippen molar-refractivity contribution in [2.45, 2.75) is 39.4 Å². The fraction of sp³-hybridized carbons (Fsp3) is 0.348. The molecule has 3 aromatic rings. The molecule has 0 atom stereocenters. The van der Waals surface area contributed by atoms with Crippen molar-refractivity contribution >= 4 is 22.5 Å². The maximum atomic E-state index is 12.8. The van der Waals surface area contributed by atoms with Gasteiger partial charge in [-0.2, -0.15) is 0 Å². The molecule has 1 saturated heterocycles. The van der Waals surface area contributed by atoms with Crippen molar-refractivity contribution in [1.82, 2.24) is 14.5 Å². The average molecular weight is 406 g/mol. The Hall–Kier alpha value is -3.35. The van der Waals surface area contributed by atoms with Gasteiger partial charge in [0.15, 0.2) is 0 Å². The molecule has 2 aromatic carbocycles. The van der Waals surface area contributed by atoms with Gasteiger partial charge < -0.3 is 10.2 Å². The predicted octanol–water partition coefficient (Wildman–Crippen LogP) is 2.10. The third-order valence-corrected chi connectivity index (χ3v) is 5.66. The van der Waals surface area contributed by atoms with Crippen LogP contribution >= 0.6 is 0 Å². The maximum Gasteiger partial charge on any atom is 0.331 e. The lowest BCUT2D eigenvalue weighted by Crippen LogP contribution is -2.42. The zero-order valence-electron chi connectivity index (χ0n) is 17.1. The summed E-state index contributed by atoms with van der Waals surface area (Å²) in [7, 11) is 0. The second-order valence-corrected chi connectivity index (χ2v) is 7.53. The minimum atomic E-state index is -0.464. The highest BCUT2D eigenvalue weighted by molar-refractivity contribution is 5.81. The van der Waals surface area contributed by atoms with Gasteiger partial charge in [-0.1, -0.05) is 30.3 Å². The van der Waals surface area contributed by atoms with Crippen LogP contribution in [0.4, 0.5) is 5.69 Å². The van der Waals surface area contributed by atoms with Gasteiger partial charge in [0.1, 0.15) is 6.54 Å². The van der Waals surface area contributed by atoms with E-state index in [0.717, 1.165) is 28.9 Å². The number of carbonyl (C=O) groups excluding carboxylic acids is 1. The second kappa shape index (κ2) is 8.57. The number of rotatable bonds is 6. The van der Waals surface area contributed by atoms with Crippen molar-refractivity contribution in [3.8, 4) is 0 Å². The largest absolute Gasteiger partial charge is 0.371 e. The molecule has 0 spiro atoms. The number of carbonyl (C=O) groups is 1. The fourth-order valence-electron chi connectivity index (χ4n) is 4.12. The van der Waals surface area contributed by atoms with E-state index in [1.807, 2.05) is 18.2 Å². The summed E-state index contributed by atoms with van der Waals surface area (Å²) in [5.74, 6) is -0.264. The van der Waals surface area contributed by atoms with E-state index < -0.39 is 5.69 Å². The third-order valence-electron chi connectivity index (χ3n) is 5.66. The van der Waals surface area contributed by atoms with Crippen molar-refractivity contribution in [3.63, 3.8) is 0 Å². The maximum absolute atomic E-state index is 12.8. The Morgan fingerprint density at radius 3 is 2.43 bits per heavy atom. The highest BCUT2D eigenvalue weighted by atomic mass is 16.2. The molecule has 30 heavy (non-hydrogen) atoms. The lowest BCUT2D eigenvalue weighted by Gasteiger charge is -2.21. The van der Waals surface area contributed by atoms with Crippen LogP contribution in [-0.4, -0.2) is 28.1 Å². The molecular formula is C23H26N4O3. The van der Waals surface area contributed by atoms with Gasteiger partial charge in [-0.15, -0.1) is 0 Å². The monoisotopic (exact) mass is 406 g/mol. The first-order chi connectivity index (χ1) is 14.6. The van der Waals surface area contributed by atoms with Gasteiger partial charge in [-0.25, -0.2) is 4.79 Å². The van der Waals surface area contributed by atoms with Crippen LogP contribution in [0.3, 0.4) is 0 Å². The van der Waals surface area contributed by atoms with E-state index in [-0.39, 0.29) is 24.6 Å². The van der Waals surface area contributed by atoms with Crippen LogP contribution in [0.15, 0.2) is 58.1 Å². The average Bonchev–Trinajstić information content (AvgIpc) is 3.30. The molecule has 7 heteroatoms. The summed E-state index contributed by atoms with van der Waals surface area (Å²) in [6.45, 7) is 4.33. The van der Waals surface area contributed by atoms with E-state index in [1.165, 1.54) is 17.4 Å². The number of anilines is 1. The SMILES string of the molecule is CCn1c(=O)c2ccccc2n(CC(=O)NCc2ccccc2N2CCCC2)c1=O. The summed E-state index contributed by atoms with van der Waals surface area (Å²) in [5, 5.41) is 3.38. The molecule has 2 heterocycles. The molecule has 4 rings (SSSR count). The molecule has 7 nitrogen and oxygen atoms in total. The van der Waals surface area contributed by atoms with Crippen LogP contribution < -0.4 is 21.5 Å². The Balaban J connectivity index is 1.57. The molecule has 1 amide bonds. The first-order valence-electron chi connectivity index (χ1n) is 10.4. The van der Waals surface area contributed by atoms with E-state index in [4.69, 9.17) is 0 Å². The minimum absolute atomic E-state index is 0.133. The number of hydrogen-bond donors (Lipinski definition) is 1. The molecule has 0 radical (unpaired) electrons. The van der Waals surface area contributed by atoms with Crippen LogP contribution in [0.25, 0.3) is 10.9 Å². The van der Waals surface area contributed by atoms with Gasteiger partial charge in [0.05, 0.1) is 10.9 Å². The number of hydrogen-bond acceptors (Lipinski definition) is 4. The van der Waals surface area contributed by atoms with E-state index in [1.54, 1.807) is 31.2 Å². The van der Waals surface area contributed by atoms with E-state index in [0.29, 0.717) is 17.4 Å². The topological polar surface area (TPSA) is 76.3 Å². The normalized spacial score (nSPS) is 13.7. The standard InChI is InChI=1S/C23H26N4O3/c1-2-26-22(29)18-10-4-6-12-20(18)27(23(26)30)16-21(28)24-15-17-9-3-5-11-19(17)25-13-7-8-14-25/h3-6,9-12H,2,7-8,13-16H2,1H3,(H,24,28). The second-order valence-electron chi connectivity index (χ2n) is 7.53. The van der Waals surface area contributed by atoms with Gasteiger partial charge in [-0.05, 0) is 43.5 Å². The van der Waals surface area contributed by atoms with Crippen molar-refractivity contribution in [2.24, 2.45) is 0 Å². The third kappa shape index (κ3) is 3.75. The number of nitrogens with one attached hydrogen (secondary N) is 1. The molecule has 0 aliphatic carbocycles. The van der Waals surface area contributed by atoms with Crippen molar-refractivity contribution in [3.05, 3.63) is 74.9 Å². The molecule has 1 aliphatic rings. The molecule has 1 N–H and O–H groups in total. The van der Waals surface area contributed by atoms with Gasteiger partial charge in [0.25, 0.3) is 5.56 Å². The van der Waals surface area contributed by atoms with E-state index in [2.05, 4.69) is 16.3 Å². The molecule has 1 aromatic heterocycles. The highest BCUT2D eigenvalue weighted by Crippen LogP contribution is 2.24. The van der Waals surface area contributed by atoms with Crippen LogP contribution in [0.1, 0.15) is 25.3 Å². The molecule has 1 fully saturated rings. The molecular weight excluding hydrogens is 380 g/mol. The van der Waals surface area contributed by atoms with Gasteiger partial charge >= 0.3 is 5.69 Å². The molecule has 0 bridgehead atoms. The van der Waals surface area contributed by atoms with Crippen molar-refractivity contribution < 1.29 is 4.79 Å². The number of aromatic nitrogens is 2. The van der Waals surface area contributed by atoms with Crippen molar-refractivity contribution in [2.75, 3.05) is 18.0 Å². The summed E-state index contributed by atoms with van der Waals surface area (Å²) in [4.78, 5) is 40.4. The van der Waals surface area contributed by atoms with Crippen LogP contribution in [-0.2, 0) is 24.4 Å². The molecule has 1 aliphatic heterocycles. The Kier molecular flexibility index (Phi) is 5.70. The van der Waals surface area contributed by atoms with Crippen LogP contribution in [0.2, 0.25) is 0 Å². The van der Waals surface area contributed by atoms with Crippen LogP contribution in [0.5, 0.6) is 0 Å². The molecule has 0 unspecified atom stereocenters. The predicted molar refractivity (Wildman–Crippen MR) is 118 cm³/mol. The van der Waals surface area contributed by atoms with E-state index in [9.17, 15) is 14.4 Å². The lowest BCUT2D eigenvalue weighted by molar-refractivity contribution is -0.121. The Labute approximate surface area is 174 Å². The van der Waals surface area contributed by atoms with Gasteiger partial charge in [0.2, 0.25) is 5.91 Å². The van der Waals surface area contributed by atoms with Gasteiger partial charge in [-0.3, -0.25) is 18.7 Å². The molecule has 156 valence electrons. The summed E-state index contributed by atoms with van der Waals surface area (Å²) in [5.41, 5.74) is 1.90. The Morgan fingerprint density at radius 2 is 1.67 bits per heavy atom. The van der Waals surface area contributed by atoms with E-state index >= 15 is 0 Å². The zero-order chi connectivity index (χ0) is 21.1. The first-order valence-corrected chi connectivity index (χ1v) is 10.4. The fourth-order valence-corrected chi connectivity index (χ4v) is 4.12. The summed E-state index contributed by atoms with van der Waals surface area (Å²) in [6.07, 6.45) is 2.37. The Bertz CT molecular complexity index is 1190. The number of benzene rings is 2. The number of para-hydroxylation sites is 2. The quantitative estimate of drug-likeness (QED) is 0.680. The highest BCUT2D eigenvalue weighted by Gasteiger charge is 2.17. The lowest BCUT2D eigenvalue weighted by atomic mass is 10.1. The number of nitrogens with zero attached hydrogens (tertiary/aromatic N) is 3. The number of fused-ring (bicyclic) bond motifs is 1. The van der Waals surface area contributed by atoms with Crippen LogP contribution in [0, 0.1) is 0 Å². The number of amides is 1. The summed E-state index contributed by atoms with van der Waals surface area (Å²) >= 11 is 0. The smallest absolute Gasteiger partial charge is 0.331 e. The van der Waals surface area contributed by atoms with Gasteiger partial charge in [0, 0.05) is 31.9 Å². The van der Waals surface area contributed by atoms with Crippen molar-refractivity contribution in [1.29, 1.82) is 0 Å². The summed E-state index contributed by atoms with van der Waals surface area (Å²) in [6, 6.07) is 15.0. The minimum Gasteiger partial charge on any atom is -0.371 e. The first kappa shape index (κ1) is 19.9. The zero-order valence-corrected chi connectivity index (χ0v) is 17.1. The molecule has 0 saturated carbocycles. The Morgan fingerprint density at radius 1 is 0.967 bits per heavy atom. The summed E-state index contributed by atoms with van der Waals surface area (Å²) < 4.78 is 2.54.